The molecule has 1 aliphatic carbocycles. The number of carbonyl (C=O) groups excluding carboxylic acids is 1. The van der Waals surface area contributed by atoms with Crippen molar-refractivity contribution in [3.8, 4) is 11.1 Å². The maximum Gasteiger partial charge on any atom is 0.411 e. The molecule has 3 aromatic carbocycles. The summed E-state index contributed by atoms with van der Waals surface area (Å²) >= 11 is 0. The van der Waals surface area contributed by atoms with Gasteiger partial charge in [0.2, 0.25) is 0 Å². The van der Waals surface area contributed by atoms with Gasteiger partial charge in [-0.05, 0) is 52.8 Å². The molecule has 1 amide bonds. The maximum atomic E-state index is 12.5. The van der Waals surface area contributed by atoms with Crippen LogP contribution in [0.1, 0.15) is 35.4 Å². The SMILES string of the molecule is O=C(Nc1ccc(CN2CCC(O)CC2)cc1)OCC1c2ccccc2-c2ccccc21. The number of piperidine rings is 1. The molecule has 0 unspecified atom stereocenters. The van der Waals surface area contributed by atoms with Crippen LogP contribution in [0.2, 0.25) is 0 Å². The number of amides is 1. The van der Waals surface area contributed by atoms with Crippen molar-refractivity contribution < 1.29 is 14.6 Å². The monoisotopic (exact) mass is 428 g/mol. The van der Waals surface area contributed by atoms with E-state index in [2.05, 4.69) is 34.5 Å². The standard InChI is InChI=1S/C27H28N2O3/c30-21-13-15-29(16-14-21)17-19-9-11-20(12-10-19)28-27(31)32-18-26-24-7-3-1-5-22(24)23-6-2-4-8-25(23)26/h1-12,21,26,30H,13-18H2,(H,28,31). The van der Waals surface area contributed by atoms with Gasteiger partial charge in [-0.2, -0.15) is 0 Å². The van der Waals surface area contributed by atoms with Gasteiger partial charge < -0.3 is 9.84 Å². The van der Waals surface area contributed by atoms with E-state index in [1.807, 2.05) is 48.5 Å². The topological polar surface area (TPSA) is 61.8 Å². The molecule has 1 saturated heterocycles. The molecule has 0 radical (unpaired) electrons. The van der Waals surface area contributed by atoms with E-state index < -0.39 is 6.09 Å². The zero-order chi connectivity index (χ0) is 21.9. The average molecular weight is 429 g/mol. The second-order valence-corrected chi connectivity index (χ2v) is 8.65. The van der Waals surface area contributed by atoms with Crippen LogP contribution in [0.3, 0.4) is 0 Å². The summed E-state index contributed by atoms with van der Waals surface area (Å²) in [6.45, 7) is 3.00. The van der Waals surface area contributed by atoms with E-state index in [0.29, 0.717) is 6.61 Å². The third-order valence-corrected chi connectivity index (χ3v) is 6.51. The van der Waals surface area contributed by atoms with E-state index in [1.54, 1.807) is 0 Å². The first-order chi connectivity index (χ1) is 15.7. The lowest BCUT2D eigenvalue weighted by Crippen LogP contribution is -2.35. The van der Waals surface area contributed by atoms with Gasteiger partial charge in [-0.15, -0.1) is 0 Å². The number of nitrogens with one attached hydrogen (secondary N) is 1. The largest absolute Gasteiger partial charge is 0.448 e. The minimum Gasteiger partial charge on any atom is -0.448 e. The van der Waals surface area contributed by atoms with E-state index in [9.17, 15) is 9.90 Å². The normalized spacial score (nSPS) is 16.4. The van der Waals surface area contributed by atoms with Crippen molar-refractivity contribution in [1.82, 2.24) is 4.90 Å². The fourth-order valence-corrected chi connectivity index (χ4v) is 4.78. The van der Waals surface area contributed by atoms with Gasteiger partial charge in [0.05, 0.1) is 6.10 Å². The molecule has 2 N–H and O–H groups in total. The molecular formula is C27H28N2O3. The highest BCUT2D eigenvalue weighted by Gasteiger charge is 2.29. The Balaban J connectivity index is 1.17. The van der Waals surface area contributed by atoms with E-state index >= 15 is 0 Å². The number of fused-ring (bicyclic) bond motifs is 3. The quantitative estimate of drug-likeness (QED) is 0.600. The molecular weight excluding hydrogens is 400 g/mol. The summed E-state index contributed by atoms with van der Waals surface area (Å²) in [5, 5.41) is 12.5. The Labute approximate surface area is 188 Å². The smallest absolute Gasteiger partial charge is 0.411 e. The molecule has 5 rings (SSSR count). The highest BCUT2D eigenvalue weighted by molar-refractivity contribution is 5.85. The number of anilines is 1. The number of carbonyl (C=O) groups is 1. The summed E-state index contributed by atoms with van der Waals surface area (Å²) in [5.74, 6) is 0.0542. The average Bonchev–Trinajstić information content (AvgIpc) is 3.14. The summed E-state index contributed by atoms with van der Waals surface area (Å²) in [7, 11) is 0. The molecule has 0 spiro atoms. The summed E-state index contributed by atoms with van der Waals surface area (Å²) in [4.78, 5) is 14.8. The molecule has 0 bridgehead atoms. The molecule has 0 saturated carbocycles. The predicted molar refractivity (Wildman–Crippen MR) is 126 cm³/mol. The Bertz CT molecular complexity index is 1040. The van der Waals surface area contributed by atoms with E-state index in [1.165, 1.54) is 27.8 Å². The van der Waals surface area contributed by atoms with Crippen LogP contribution < -0.4 is 5.32 Å². The number of likely N-dealkylation sites (tertiary alicyclic amines) is 1. The van der Waals surface area contributed by atoms with Crippen LogP contribution in [0.15, 0.2) is 72.8 Å². The minimum atomic E-state index is -0.440. The molecule has 2 aliphatic rings. The van der Waals surface area contributed by atoms with Crippen molar-refractivity contribution >= 4 is 11.8 Å². The first-order valence-electron chi connectivity index (χ1n) is 11.3. The number of aliphatic hydroxyl groups is 1. The molecule has 1 heterocycles. The molecule has 32 heavy (non-hydrogen) atoms. The molecule has 0 atom stereocenters. The Hall–Kier alpha value is -3.15. The van der Waals surface area contributed by atoms with Crippen LogP contribution in [0, 0.1) is 0 Å². The van der Waals surface area contributed by atoms with Crippen molar-refractivity contribution in [2.75, 3.05) is 25.0 Å². The molecule has 5 nitrogen and oxygen atoms in total. The van der Waals surface area contributed by atoms with Gasteiger partial charge in [0.15, 0.2) is 0 Å². The molecule has 1 aliphatic heterocycles. The van der Waals surface area contributed by atoms with Crippen LogP contribution >= 0.6 is 0 Å². The van der Waals surface area contributed by atoms with Crippen molar-refractivity contribution in [1.29, 1.82) is 0 Å². The van der Waals surface area contributed by atoms with E-state index in [-0.39, 0.29) is 12.0 Å². The number of rotatable bonds is 5. The van der Waals surface area contributed by atoms with Gasteiger partial charge in [-0.3, -0.25) is 10.2 Å². The van der Waals surface area contributed by atoms with Crippen LogP contribution in [-0.4, -0.2) is 41.9 Å². The summed E-state index contributed by atoms with van der Waals surface area (Å²) < 4.78 is 5.62. The van der Waals surface area contributed by atoms with Crippen LogP contribution in [0.5, 0.6) is 0 Å². The minimum absolute atomic E-state index is 0.0542. The van der Waals surface area contributed by atoms with Crippen molar-refractivity contribution in [2.45, 2.75) is 31.4 Å². The van der Waals surface area contributed by atoms with E-state index in [4.69, 9.17) is 4.74 Å². The Morgan fingerprint density at radius 3 is 2.12 bits per heavy atom. The number of ether oxygens (including phenoxy) is 1. The molecule has 1 fully saturated rings. The number of hydrogen-bond acceptors (Lipinski definition) is 4. The summed E-state index contributed by atoms with van der Waals surface area (Å²) in [6, 6.07) is 24.5. The third-order valence-electron chi connectivity index (χ3n) is 6.51. The number of hydrogen-bond donors (Lipinski definition) is 2. The highest BCUT2D eigenvalue weighted by Crippen LogP contribution is 2.44. The molecule has 3 aromatic rings. The van der Waals surface area contributed by atoms with Gasteiger partial charge >= 0.3 is 6.09 Å². The summed E-state index contributed by atoms with van der Waals surface area (Å²) in [5.41, 5.74) is 6.76. The second kappa shape index (κ2) is 9.15. The van der Waals surface area contributed by atoms with Gasteiger partial charge in [-0.25, -0.2) is 4.79 Å². The number of benzene rings is 3. The van der Waals surface area contributed by atoms with Crippen LogP contribution in [0.25, 0.3) is 11.1 Å². The first kappa shape index (κ1) is 20.7. The van der Waals surface area contributed by atoms with Gasteiger partial charge in [0, 0.05) is 31.2 Å². The van der Waals surface area contributed by atoms with Crippen LogP contribution in [-0.2, 0) is 11.3 Å². The lowest BCUT2D eigenvalue weighted by atomic mass is 9.98. The van der Waals surface area contributed by atoms with Crippen LogP contribution in [0.4, 0.5) is 10.5 Å². The Kier molecular flexibility index (Phi) is 5.93. The van der Waals surface area contributed by atoms with Crippen molar-refractivity contribution in [3.63, 3.8) is 0 Å². The Morgan fingerprint density at radius 2 is 1.50 bits per heavy atom. The predicted octanol–water partition coefficient (Wildman–Crippen LogP) is 5.00. The zero-order valence-corrected chi connectivity index (χ0v) is 18.0. The lowest BCUT2D eigenvalue weighted by molar-refractivity contribution is 0.0792. The van der Waals surface area contributed by atoms with Crippen molar-refractivity contribution in [3.05, 3.63) is 89.5 Å². The number of aliphatic hydroxyl groups excluding tert-OH is 1. The van der Waals surface area contributed by atoms with E-state index in [0.717, 1.165) is 38.2 Å². The second-order valence-electron chi connectivity index (χ2n) is 8.65. The zero-order valence-electron chi connectivity index (χ0n) is 18.0. The van der Waals surface area contributed by atoms with Gasteiger partial charge in [0.25, 0.3) is 0 Å². The Morgan fingerprint density at radius 1 is 0.906 bits per heavy atom. The maximum absolute atomic E-state index is 12.5. The molecule has 0 aromatic heterocycles. The third kappa shape index (κ3) is 4.40. The molecule has 5 heteroatoms. The first-order valence-corrected chi connectivity index (χ1v) is 11.3. The fourth-order valence-electron chi connectivity index (χ4n) is 4.78. The summed E-state index contributed by atoms with van der Waals surface area (Å²) in [6.07, 6.45) is 1.07. The van der Waals surface area contributed by atoms with Crippen molar-refractivity contribution in [2.24, 2.45) is 0 Å². The highest BCUT2D eigenvalue weighted by atomic mass is 16.5. The van der Waals surface area contributed by atoms with Gasteiger partial charge in [-0.1, -0.05) is 60.7 Å². The lowest BCUT2D eigenvalue weighted by Gasteiger charge is -2.29. The fraction of sp³-hybridized carbons (Fsp3) is 0.296. The number of nitrogens with zero attached hydrogens (tertiary/aromatic N) is 1. The van der Waals surface area contributed by atoms with Gasteiger partial charge in [0.1, 0.15) is 6.61 Å². The molecule has 164 valence electrons.